The molecule has 2 aromatic rings. The number of amides is 1. The Morgan fingerprint density at radius 3 is 1.83 bits per heavy atom. The Hall–Kier alpha value is -3.55. The van der Waals surface area contributed by atoms with Crippen LogP contribution in [0.1, 0.15) is 62.6 Å². The number of rotatable bonds is 7. The molecule has 0 bridgehead atoms. The molecule has 1 aliphatic heterocycles. The van der Waals surface area contributed by atoms with Gasteiger partial charge in [0.2, 0.25) is 5.78 Å². The van der Waals surface area contributed by atoms with Crippen LogP contribution in [0.2, 0.25) is 0 Å². The number of nitrogens with zero attached hydrogens (tertiary/aromatic N) is 1. The molecule has 1 heterocycles. The third-order valence-electron chi connectivity index (χ3n) is 6.27. The van der Waals surface area contributed by atoms with Crippen LogP contribution in [0, 0.1) is 5.41 Å². The molecule has 0 N–H and O–H groups in total. The minimum atomic E-state index is -1.13. The molecule has 0 saturated carbocycles. The molecule has 3 rings (SSSR count). The van der Waals surface area contributed by atoms with Gasteiger partial charge in [0.25, 0.3) is 0 Å². The highest BCUT2D eigenvalue weighted by Crippen LogP contribution is 2.36. The van der Waals surface area contributed by atoms with Crippen LogP contribution in [0.25, 0.3) is 0 Å². The van der Waals surface area contributed by atoms with E-state index in [0.717, 1.165) is 0 Å². The molecule has 1 fully saturated rings. The SMILES string of the molecule is COc1ccc(C(=O)C(OC(=O)C2(C)CCN(C(=O)OC(C)(C)C)CC2)c2ccc(OC)cc2)cc1. The van der Waals surface area contributed by atoms with Gasteiger partial charge in [-0.15, -0.1) is 0 Å². The van der Waals surface area contributed by atoms with Crippen molar-refractivity contribution in [1.82, 2.24) is 4.90 Å². The highest BCUT2D eigenvalue weighted by Gasteiger charge is 2.42. The quantitative estimate of drug-likeness (QED) is 0.383. The van der Waals surface area contributed by atoms with Gasteiger partial charge < -0.3 is 23.8 Å². The van der Waals surface area contributed by atoms with Gasteiger partial charge in [-0.3, -0.25) is 9.59 Å². The molecule has 2 aromatic carbocycles. The number of ketones is 1. The van der Waals surface area contributed by atoms with Crippen molar-refractivity contribution in [1.29, 1.82) is 0 Å². The van der Waals surface area contributed by atoms with Gasteiger partial charge in [-0.25, -0.2) is 4.79 Å². The number of esters is 1. The average Bonchev–Trinajstić information content (AvgIpc) is 2.86. The highest BCUT2D eigenvalue weighted by molar-refractivity contribution is 6.01. The summed E-state index contributed by atoms with van der Waals surface area (Å²) in [6.07, 6.45) is -0.727. The lowest BCUT2D eigenvalue weighted by Crippen LogP contribution is -2.47. The van der Waals surface area contributed by atoms with Crippen molar-refractivity contribution in [2.75, 3.05) is 27.3 Å². The van der Waals surface area contributed by atoms with Crippen molar-refractivity contribution in [2.24, 2.45) is 5.41 Å². The van der Waals surface area contributed by atoms with E-state index in [2.05, 4.69) is 0 Å². The van der Waals surface area contributed by atoms with Gasteiger partial charge in [0.05, 0.1) is 19.6 Å². The summed E-state index contributed by atoms with van der Waals surface area (Å²) in [7, 11) is 3.10. The Morgan fingerprint density at radius 1 is 0.861 bits per heavy atom. The van der Waals surface area contributed by atoms with E-state index in [1.54, 1.807) is 67.7 Å². The molecule has 1 amide bonds. The van der Waals surface area contributed by atoms with Crippen molar-refractivity contribution < 1.29 is 33.3 Å². The first kappa shape index (κ1) is 27.0. The van der Waals surface area contributed by atoms with E-state index in [0.29, 0.717) is 48.6 Å². The second-order valence-corrected chi connectivity index (χ2v) is 10.2. The van der Waals surface area contributed by atoms with Crippen molar-refractivity contribution >= 4 is 17.8 Å². The summed E-state index contributed by atoms with van der Waals surface area (Å²) in [5.74, 6) is 0.427. The summed E-state index contributed by atoms with van der Waals surface area (Å²) >= 11 is 0. The number of benzene rings is 2. The van der Waals surface area contributed by atoms with Gasteiger partial charge in [-0.05, 0) is 76.9 Å². The maximum Gasteiger partial charge on any atom is 0.410 e. The summed E-state index contributed by atoms with van der Waals surface area (Å²) < 4.78 is 21.8. The van der Waals surface area contributed by atoms with E-state index in [-0.39, 0.29) is 5.78 Å². The first-order chi connectivity index (χ1) is 17.0. The van der Waals surface area contributed by atoms with Crippen LogP contribution in [0.15, 0.2) is 48.5 Å². The molecular weight excluding hydrogens is 462 g/mol. The Bertz CT molecular complexity index is 1060. The van der Waals surface area contributed by atoms with Crippen LogP contribution in [-0.2, 0) is 14.3 Å². The van der Waals surface area contributed by atoms with Crippen LogP contribution < -0.4 is 9.47 Å². The molecule has 0 aliphatic carbocycles. The van der Waals surface area contributed by atoms with Gasteiger partial charge in [-0.1, -0.05) is 12.1 Å². The first-order valence-corrected chi connectivity index (χ1v) is 12.0. The van der Waals surface area contributed by atoms with Gasteiger partial charge in [0.1, 0.15) is 17.1 Å². The number of hydrogen-bond acceptors (Lipinski definition) is 7. The number of hydrogen-bond donors (Lipinski definition) is 0. The van der Waals surface area contributed by atoms with Crippen molar-refractivity contribution in [3.8, 4) is 11.5 Å². The van der Waals surface area contributed by atoms with E-state index in [1.165, 1.54) is 0 Å². The second kappa shape index (κ2) is 11.0. The van der Waals surface area contributed by atoms with Crippen LogP contribution in [-0.4, -0.2) is 55.7 Å². The predicted molar refractivity (Wildman–Crippen MR) is 134 cm³/mol. The highest BCUT2D eigenvalue weighted by atomic mass is 16.6. The molecule has 1 aliphatic rings. The summed E-state index contributed by atoms with van der Waals surface area (Å²) in [5, 5.41) is 0. The third-order valence-corrected chi connectivity index (χ3v) is 6.27. The lowest BCUT2D eigenvalue weighted by molar-refractivity contribution is -0.161. The minimum Gasteiger partial charge on any atom is -0.497 e. The van der Waals surface area contributed by atoms with Crippen molar-refractivity contribution in [3.05, 3.63) is 59.7 Å². The largest absolute Gasteiger partial charge is 0.497 e. The number of methoxy groups -OCH3 is 2. The minimum absolute atomic E-state index is 0.342. The molecule has 8 nitrogen and oxygen atoms in total. The lowest BCUT2D eigenvalue weighted by Gasteiger charge is -2.38. The fourth-order valence-electron chi connectivity index (χ4n) is 3.92. The van der Waals surface area contributed by atoms with Crippen molar-refractivity contribution in [3.63, 3.8) is 0 Å². The number of piperidine rings is 1. The Morgan fingerprint density at radius 2 is 1.36 bits per heavy atom. The molecule has 194 valence electrons. The van der Waals surface area contributed by atoms with E-state index >= 15 is 0 Å². The van der Waals surface area contributed by atoms with Gasteiger partial charge in [0, 0.05) is 24.2 Å². The summed E-state index contributed by atoms with van der Waals surface area (Å²) in [5.41, 5.74) is -0.498. The summed E-state index contributed by atoms with van der Waals surface area (Å²) in [6, 6.07) is 13.5. The Labute approximate surface area is 212 Å². The molecule has 0 radical (unpaired) electrons. The second-order valence-electron chi connectivity index (χ2n) is 10.2. The topological polar surface area (TPSA) is 91.4 Å². The predicted octanol–water partition coefficient (Wildman–Crippen LogP) is 5.21. The molecule has 0 spiro atoms. The fourth-order valence-corrected chi connectivity index (χ4v) is 3.92. The number of ether oxygens (including phenoxy) is 4. The first-order valence-electron chi connectivity index (χ1n) is 12.0. The van der Waals surface area contributed by atoms with Gasteiger partial charge >= 0.3 is 12.1 Å². The molecular formula is C28H35NO7. The summed E-state index contributed by atoms with van der Waals surface area (Å²) in [6.45, 7) is 7.98. The number of carbonyl (C=O) groups excluding carboxylic acids is 3. The van der Waals surface area contributed by atoms with E-state index in [1.807, 2.05) is 27.7 Å². The smallest absolute Gasteiger partial charge is 0.410 e. The Balaban J connectivity index is 1.78. The zero-order valence-electron chi connectivity index (χ0n) is 21.8. The zero-order chi connectivity index (χ0) is 26.5. The Kier molecular flexibility index (Phi) is 8.28. The number of likely N-dealkylation sites (tertiary alicyclic amines) is 1. The van der Waals surface area contributed by atoms with Gasteiger partial charge in [0.15, 0.2) is 6.10 Å². The molecule has 1 unspecified atom stereocenters. The van der Waals surface area contributed by atoms with Gasteiger partial charge in [-0.2, -0.15) is 0 Å². The third kappa shape index (κ3) is 6.56. The number of carbonyl (C=O) groups is 3. The molecule has 1 saturated heterocycles. The van der Waals surface area contributed by atoms with Crippen LogP contribution in [0.5, 0.6) is 11.5 Å². The molecule has 8 heteroatoms. The molecule has 0 aromatic heterocycles. The van der Waals surface area contributed by atoms with Crippen molar-refractivity contribution in [2.45, 2.75) is 52.2 Å². The zero-order valence-corrected chi connectivity index (χ0v) is 21.8. The maximum atomic E-state index is 13.5. The van der Waals surface area contributed by atoms with E-state index < -0.39 is 29.2 Å². The standard InChI is InChI=1S/C28H35NO7/c1-27(2,3)36-26(32)29-17-15-28(4,16-18-29)25(31)35-24(20-9-13-22(34-6)14-10-20)23(30)19-7-11-21(33-5)12-8-19/h7-14,24H,15-18H2,1-6H3. The van der Waals surface area contributed by atoms with E-state index in [4.69, 9.17) is 18.9 Å². The van der Waals surface area contributed by atoms with E-state index in [9.17, 15) is 14.4 Å². The van der Waals surface area contributed by atoms with Crippen LogP contribution in [0.4, 0.5) is 4.79 Å². The summed E-state index contributed by atoms with van der Waals surface area (Å²) in [4.78, 5) is 40.9. The number of Topliss-reactive ketones (excluding diaryl/α,β-unsaturated/α-hetero) is 1. The average molecular weight is 498 g/mol. The maximum absolute atomic E-state index is 13.5. The molecule has 1 atom stereocenters. The monoisotopic (exact) mass is 497 g/mol. The fraction of sp³-hybridized carbons (Fsp3) is 0.464. The lowest BCUT2D eigenvalue weighted by atomic mass is 9.80. The van der Waals surface area contributed by atoms with Crippen LogP contribution >= 0.6 is 0 Å². The van der Waals surface area contributed by atoms with Crippen LogP contribution in [0.3, 0.4) is 0 Å². The normalized spacial score (nSPS) is 16.0. The molecule has 36 heavy (non-hydrogen) atoms.